The summed E-state index contributed by atoms with van der Waals surface area (Å²) in [6, 6.07) is 8.02. The molecule has 0 aliphatic heterocycles. The van der Waals surface area contributed by atoms with Gasteiger partial charge in [0.2, 0.25) is 0 Å². The van der Waals surface area contributed by atoms with Crippen LogP contribution in [0.3, 0.4) is 0 Å². The van der Waals surface area contributed by atoms with E-state index in [0.717, 1.165) is 18.2 Å². The largest absolute Gasteiger partial charge is 0.478 e. The van der Waals surface area contributed by atoms with E-state index in [1.165, 1.54) is 12.3 Å². The van der Waals surface area contributed by atoms with Crippen molar-refractivity contribution in [3.63, 3.8) is 0 Å². The van der Waals surface area contributed by atoms with E-state index in [9.17, 15) is 13.4 Å². The lowest BCUT2D eigenvalue weighted by molar-refractivity contribution is 0.0696. The minimum Gasteiger partial charge on any atom is -0.478 e. The third kappa shape index (κ3) is 3.49. The van der Waals surface area contributed by atoms with Gasteiger partial charge in [-0.05, 0) is 35.9 Å². The molecule has 0 bridgehead atoms. The van der Waals surface area contributed by atoms with Crippen LogP contribution in [0.5, 0.6) is 0 Å². The van der Waals surface area contributed by atoms with E-state index in [4.69, 9.17) is 10.4 Å². The average molecular weight is 304 g/mol. The van der Waals surface area contributed by atoms with Crippen LogP contribution in [0.15, 0.2) is 41.4 Å². The van der Waals surface area contributed by atoms with Crippen LogP contribution in [0.1, 0.15) is 21.6 Å². The van der Waals surface area contributed by atoms with Crippen molar-refractivity contribution in [2.24, 2.45) is 0 Å². The molecule has 0 aliphatic rings. The van der Waals surface area contributed by atoms with E-state index in [0.29, 0.717) is 5.56 Å². The second-order valence-corrected chi connectivity index (χ2v) is 5.52. The Morgan fingerprint density at radius 3 is 2.81 bits per heavy atom. The molecule has 2 aromatic rings. The number of nitrogens with zero attached hydrogens (tertiary/aromatic N) is 2. The molecule has 1 aromatic carbocycles. The highest BCUT2D eigenvalue weighted by Crippen LogP contribution is 2.18. The van der Waals surface area contributed by atoms with E-state index in [-0.39, 0.29) is 21.9 Å². The Bertz CT molecular complexity index is 771. The minimum absolute atomic E-state index is 0.0306. The van der Waals surface area contributed by atoms with Crippen LogP contribution in [-0.4, -0.2) is 20.3 Å². The fraction of sp³-hybridized carbons (Fsp3) is 0.0714. The van der Waals surface area contributed by atoms with E-state index in [1.54, 1.807) is 6.07 Å². The lowest BCUT2D eigenvalue weighted by atomic mass is 10.2. The lowest BCUT2D eigenvalue weighted by Gasteiger charge is -2.05. The molecule has 0 aliphatic carbocycles. The van der Waals surface area contributed by atoms with Gasteiger partial charge in [0, 0.05) is 6.20 Å². The van der Waals surface area contributed by atoms with Gasteiger partial charge in [-0.1, -0.05) is 0 Å². The summed E-state index contributed by atoms with van der Waals surface area (Å²) in [7, 11) is -1.76. The van der Waals surface area contributed by atoms with Crippen LogP contribution in [0.2, 0.25) is 0 Å². The smallest absolute Gasteiger partial charge is 0.335 e. The summed E-state index contributed by atoms with van der Waals surface area (Å²) in [5, 5.41) is 17.6. The molecule has 1 aromatic heterocycles. The third-order valence-electron chi connectivity index (χ3n) is 2.66. The summed E-state index contributed by atoms with van der Waals surface area (Å²) in [6.45, 7) is 0. The molecule has 0 radical (unpaired) electrons. The topological polar surface area (TPSA) is 91.0 Å². The molecule has 1 atom stereocenters. The van der Waals surface area contributed by atoms with Gasteiger partial charge >= 0.3 is 5.97 Å². The molecular formula is C14H9FN2O3S. The van der Waals surface area contributed by atoms with Gasteiger partial charge < -0.3 is 5.11 Å². The molecule has 0 saturated carbocycles. The molecular weight excluding hydrogens is 295 g/mol. The number of rotatable bonds is 4. The summed E-state index contributed by atoms with van der Waals surface area (Å²) in [5.41, 5.74) is 0.594. The number of benzene rings is 1. The number of hydrogen-bond donors (Lipinski definition) is 1. The molecule has 7 heteroatoms. The van der Waals surface area contributed by atoms with Crippen molar-refractivity contribution >= 4 is 16.8 Å². The number of hydrogen-bond acceptors (Lipinski definition) is 4. The van der Waals surface area contributed by atoms with Gasteiger partial charge in [-0.25, -0.2) is 14.2 Å². The van der Waals surface area contributed by atoms with Gasteiger partial charge in [-0.2, -0.15) is 5.26 Å². The van der Waals surface area contributed by atoms with Gasteiger partial charge in [0.25, 0.3) is 0 Å². The van der Waals surface area contributed by atoms with E-state index in [2.05, 4.69) is 4.98 Å². The normalized spacial score (nSPS) is 11.6. The van der Waals surface area contributed by atoms with E-state index >= 15 is 0 Å². The van der Waals surface area contributed by atoms with Crippen LogP contribution < -0.4 is 0 Å². The Morgan fingerprint density at radius 1 is 1.38 bits per heavy atom. The van der Waals surface area contributed by atoms with Gasteiger partial charge in [0.15, 0.2) is 0 Å². The summed E-state index contributed by atoms with van der Waals surface area (Å²) < 4.78 is 25.9. The Hall–Kier alpha value is -2.59. The molecule has 2 rings (SSSR count). The number of halogens is 1. The molecule has 0 amide bonds. The maximum Gasteiger partial charge on any atom is 0.335 e. The quantitative estimate of drug-likeness (QED) is 0.934. The number of carboxylic acids is 1. The summed E-state index contributed by atoms with van der Waals surface area (Å²) in [5.74, 6) is -1.98. The van der Waals surface area contributed by atoms with E-state index in [1.807, 2.05) is 6.07 Å². The van der Waals surface area contributed by atoms with Gasteiger partial charge in [0.05, 0.1) is 27.0 Å². The Labute approximate surface area is 122 Å². The number of carboxylic acid groups (broad SMARTS) is 1. The highest BCUT2D eigenvalue weighted by molar-refractivity contribution is 7.84. The van der Waals surface area contributed by atoms with Gasteiger partial charge in [-0.15, -0.1) is 0 Å². The first-order valence-electron chi connectivity index (χ1n) is 5.77. The van der Waals surface area contributed by atoms with Crippen LogP contribution in [-0.2, 0) is 16.6 Å². The number of pyridine rings is 1. The predicted molar refractivity (Wildman–Crippen MR) is 72.4 cm³/mol. The van der Waals surface area contributed by atoms with Crippen molar-refractivity contribution < 1.29 is 18.5 Å². The Morgan fingerprint density at radius 2 is 2.14 bits per heavy atom. The first-order valence-corrected chi connectivity index (χ1v) is 7.09. The van der Waals surface area contributed by atoms with Crippen LogP contribution in [0, 0.1) is 17.1 Å². The molecule has 106 valence electrons. The van der Waals surface area contributed by atoms with Crippen LogP contribution >= 0.6 is 0 Å². The maximum atomic E-state index is 13.7. The average Bonchev–Trinajstić information content (AvgIpc) is 2.47. The number of carbonyl (C=O) groups is 1. The Kier molecular flexibility index (Phi) is 4.40. The zero-order valence-electron chi connectivity index (χ0n) is 10.6. The molecule has 21 heavy (non-hydrogen) atoms. The fourth-order valence-corrected chi connectivity index (χ4v) is 2.85. The number of nitriles is 1. The molecule has 0 saturated heterocycles. The predicted octanol–water partition coefficient (Wildman–Crippen LogP) is 2.10. The van der Waals surface area contributed by atoms with Crippen molar-refractivity contribution in [3.05, 3.63) is 59.2 Å². The zero-order chi connectivity index (χ0) is 15.4. The van der Waals surface area contributed by atoms with Crippen molar-refractivity contribution in [2.45, 2.75) is 10.6 Å². The van der Waals surface area contributed by atoms with Crippen molar-refractivity contribution in [1.29, 1.82) is 5.26 Å². The SMILES string of the molecule is N#Cc1cc(CS(=O)c2cc(C(=O)O)ccc2F)ccn1. The number of aromatic carboxylic acids is 1. The van der Waals surface area contributed by atoms with Crippen molar-refractivity contribution in [3.8, 4) is 6.07 Å². The van der Waals surface area contributed by atoms with Crippen LogP contribution in [0.25, 0.3) is 0 Å². The van der Waals surface area contributed by atoms with Crippen molar-refractivity contribution in [2.75, 3.05) is 0 Å². The van der Waals surface area contributed by atoms with Crippen molar-refractivity contribution in [1.82, 2.24) is 4.98 Å². The first-order chi connectivity index (χ1) is 10.0. The standard InChI is InChI=1S/C14H9FN2O3S/c15-12-2-1-10(14(18)19)6-13(12)21(20)8-9-3-4-17-11(5-9)7-16/h1-6H,8H2,(H,18,19). The summed E-state index contributed by atoms with van der Waals surface area (Å²) in [4.78, 5) is 14.5. The third-order valence-corrected chi connectivity index (χ3v) is 4.06. The zero-order valence-corrected chi connectivity index (χ0v) is 11.4. The molecule has 0 fully saturated rings. The van der Waals surface area contributed by atoms with E-state index < -0.39 is 22.6 Å². The highest BCUT2D eigenvalue weighted by atomic mass is 32.2. The summed E-state index contributed by atoms with van der Waals surface area (Å²) in [6.07, 6.45) is 1.40. The molecule has 5 nitrogen and oxygen atoms in total. The Balaban J connectivity index is 2.30. The maximum absolute atomic E-state index is 13.7. The molecule has 0 spiro atoms. The summed E-state index contributed by atoms with van der Waals surface area (Å²) >= 11 is 0. The highest BCUT2D eigenvalue weighted by Gasteiger charge is 2.14. The fourth-order valence-electron chi connectivity index (χ4n) is 1.67. The van der Waals surface area contributed by atoms with Crippen LogP contribution in [0.4, 0.5) is 4.39 Å². The first kappa shape index (κ1) is 14.8. The molecule has 1 N–H and O–H groups in total. The second kappa shape index (κ2) is 6.24. The minimum atomic E-state index is -1.76. The molecule has 1 unspecified atom stereocenters. The number of aromatic nitrogens is 1. The molecule has 1 heterocycles. The lowest BCUT2D eigenvalue weighted by Crippen LogP contribution is -2.04. The van der Waals surface area contributed by atoms with Gasteiger partial charge in [-0.3, -0.25) is 4.21 Å². The monoisotopic (exact) mass is 304 g/mol. The van der Waals surface area contributed by atoms with Gasteiger partial charge in [0.1, 0.15) is 17.6 Å². The second-order valence-electron chi connectivity index (χ2n) is 4.10.